The fraction of sp³-hybridized carbons (Fsp3) is 0.481. The fourth-order valence-corrected chi connectivity index (χ4v) is 4.44. The van der Waals surface area contributed by atoms with Gasteiger partial charge in [-0.05, 0) is 37.5 Å². The molecule has 0 aromatic heterocycles. The molecule has 1 saturated heterocycles. The van der Waals surface area contributed by atoms with Crippen LogP contribution in [0.1, 0.15) is 44.4 Å². The van der Waals surface area contributed by atoms with Gasteiger partial charge in [-0.2, -0.15) is 0 Å². The molecule has 1 heterocycles. The van der Waals surface area contributed by atoms with Gasteiger partial charge in [0, 0.05) is 22.9 Å². The van der Waals surface area contributed by atoms with Crippen LogP contribution in [0.5, 0.6) is 5.75 Å². The average Bonchev–Trinajstić information content (AvgIpc) is 2.87. The summed E-state index contributed by atoms with van der Waals surface area (Å²) in [7, 11) is 0. The van der Waals surface area contributed by atoms with Crippen molar-refractivity contribution in [2.45, 2.75) is 70.0 Å². The molecule has 7 atom stereocenters. The highest BCUT2D eigenvalue weighted by Gasteiger charge is 2.45. The van der Waals surface area contributed by atoms with E-state index in [0.29, 0.717) is 22.7 Å². The summed E-state index contributed by atoms with van der Waals surface area (Å²) in [5.41, 5.74) is 7.07. The molecule has 1 fully saturated rings. The van der Waals surface area contributed by atoms with Gasteiger partial charge in [-0.15, -0.1) is 0 Å². The van der Waals surface area contributed by atoms with Crippen LogP contribution in [0.15, 0.2) is 48.5 Å². The van der Waals surface area contributed by atoms with E-state index in [1.807, 2.05) is 6.92 Å². The number of nitrogens with one attached hydrogen (secondary N) is 3. The summed E-state index contributed by atoms with van der Waals surface area (Å²) in [6.07, 6.45) is -6.55. The Hall–Kier alpha value is -3.22. The molecule has 1 amide bonds. The number of rotatable bonds is 11. The Labute approximate surface area is 222 Å². The van der Waals surface area contributed by atoms with E-state index in [2.05, 4.69) is 24.5 Å². The molecule has 38 heavy (non-hydrogen) atoms. The highest BCUT2D eigenvalue weighted by atomic mass is 16.7. The van der Waals surface area contributed by atoms with E-state index in [4.69, 9.17) is 20.6 Å². The van der Waals surface area contributed by atoms with Crippen LogP contribution >= 0.6 is 0 Å². The lowest BCUT2D eigenvalue weighted by atomic mass is 9.99. The van der Waals surface area contributed by atoms with Gasteiger partial charge in [0.15, 0.2) is 0 Å². The molecule has 2 aromatic carbocycles. The predicted molar refractivity (Wildman–Crippen MR) is 142 cm³/mol. The summed E-state index contributed by atoms with van der Waals surface area (Å²) in [5.74, 6) is 0.0947. The maximum atomic E-state index is 13.6. The quantitative estimate of drug-likeness (QED) is 0.154. The van der Waals surface area contributed by atoms with Gasteiger partial charge in [0.05, 0.1) is 6.61 Å². The summed E-state index contributed by atoms with van der Waals surface area (Å²) < 4.78 is 11.4. The Morgan fingerprint density at radius 3 is 2.45 bits per heavy atom. The summed E-state index contributed by atoms with van der Waals surface area (Å²) in [6.45, 7) is 5.45. The molecular weight excluding hydrogens is 492 g/mol. The summed E-state index contributed by atoms with van der Waals surface area (Å²) >= 11 is 0. The first-order valence-corrected chi connectivity index (χ1v) is 12.6. The van der Waals surface area contributed by atoms with E-state index < -0.39 is 43.4 Å². The molecule has 7 unspecified atom stereocenters. The van der Waals surface area contributed by atoms with Gasteiger partial charge in [-0.1, -0.05) is 44.2 Å². The van der Waals surface area contributed by atoms with Crippen LogP contribution in [-0.4, -0.2) is 75.5 Å². The number of para-hydroxylation sites is 1. The highest BCUT2D eigenvalue weighted by Crippen LogP contribution is 2.32. The van der Waals surface area contributed by atoms with Crippen LogP contribution in [0.2, 0.25) is 0 Å². The number of aliphatic hydroxyl groups is 4. The van der Waals surface area contributed by atoms with Crippen molar-refractivity contribution < 1.29 is 34.7 Å². The summed E-state index contributed by atoms with van der Waals surface area (Å²) in [6, 6.07) is 12.4. The van der Waals surface area contributed by atoms with Crippen molar-refractivity contribution in [3.05, 3.63) is 59.7 Å². The van der Waals surface area contributed by atoms with Crippen molar-refractivity contribution in [2.24, 2.45) is 11.7 Å². The van der Waals surface area contributed by atoms with Crippen LogP contribution in [0.3, 0.4) is 0 Å². The number of carbonyl (C=O) groups is 1. The number of aliphatic hydroxyl groups excluding tert-OH is 4. The number of amidine groups is 1. The molecule has 208 valence electrons. The van der Waals surface area contributed by atoms with E-state index in [0.717, 1.165) is 6.42 Å². The summed E-state index contributed by atoms with van der Waals surface area (Å²) in [5, 5.41) is 54.2. The second-order valence-corrected chi connectivity index (χ2v) is 9.96. The normalized spacial score (nSPS) is 24.9. The molecule has 1 aliphatic rings. The Morgan fingerprint density at radius 2 is 1.79 bits per heavy atom. The number of nitrogens with two attached hydrogens (primary N) is 1. The van der Waals surface area contributed by atoms with E-state index in [1.54, 1.807) is 48.5 Å². The zero-order valence-electron chi connectivity index (χ0n) is 21.7. The summed E-state index contributed by atoms with van der Waals surface area (Å²) in [4.78, 5) is 13.6. The van der Waals surface area contributed by atoms with Crippen LogP contribution in [-0.2, 0) is 9.53 Å². The topological polar surface area (TPSA) is 190 Å². The third kappa shape index (κ3) is 7.21. The van der Waals surface area contributed by atoms with Crippen LogP contribution in [0.25, 0.3) is 0 Å². The molecule has 0 spiro atoms. The minimum absolute atomic E-state index is 0.117. The van der Waals surface area contributed by atoms with Gasteiger partial charge in [0.2, 0.25) is 12.2 Å². The molecule has 1 aliphatic heterocycles. The van der Waals surface area contributed by atoms with Crippen molar-refractivity contribution in [3.8, 4) is 5.75 Å². The first kappa shape index (κ1) is 29.3. The number of hydrogen-bond acceptors (Lipinski definition) is 9. The van der Waals surface area contributed by atoms with Crippen molar-refractivity contribution in [1.82, 2.24) is 5.32 Å². The molecular formula is C27H38N4O7. The molecule has 0 saturated carbocycles. The largest absolute Gasteiger partial charge is 0.462 e. The molecule has 2 aromatic rings. The Kier molecular flexibility index (Phi) is 10.1. The van der Waals surface area contributed by atoms with Crippen molar-refractivity contribution >= 4 is 17.4 Å². The monoisotopic (exact) mass is 530 g/mol. The number of amides is 1. The van der Waals surface area contributed by atoms with Gasteiger partial charge >= 0.3 is 0 Å². The van der Waals surface area contributed by atoms with Gasteiger partial charge in [0.1, 0.15) is 42.0 Å². The van der Waals surface area contributed by atoms with Crippen molar-refractivity contribution in [1.29, 1.82) is 5.41 Å². The zero-order valence-corrected chi connectivity index (χ0v) is 21.7. The Balaban J connectivity index is 1.95. The maximum absolute atomic E-state index is 13.6. The highest BCUT2D eigenvalue weighted by molar-refractivity contribution is 5.96. The third-order valence-electron chi connectivity index (χ3n) is 6.28. The van der Waals surface area contributed by atoms with Gasteiger partial charge in [-0.25, -0.2) is 0 Å². The van der Waals surface area contributed by atoms with Crippen LogP contribution in [0.4, 0.5) is 5.69 Å². The van der Waals surface area contributed by atoms with Gasteiger partial charge in [-0.3, -0.25) is 10.2 Å². The number of ether oxygens (including phenoxy) is 2. The van der Waals surface area contributed by atoms with E-state index in [1.165, 1.54) is 0 Å². The maximum Gasteiger partial charge on any atom is 0.247 e. The van der Waals surface area contributed by atoms with Crippen molar-refractivity contribution in [3.63, 3.8) is 0 Å². The van der Waals surface area contributed by atoms with Gasteiger partial charge in [0.25, 0.3) is 0 Å². The predicted octanol–water partition coefficient (Wildman–Crippen LogP) is 0.853. The van der Waals surface area contributed by atoms with E-state index in [-0.39, 0.29) is 23.5 Å². The Morgan fingerprint density at radius 1 is 1.08 bits per heavy atom. The lowest BCUT2D eigenvalue weighted by Gasteiger charge is -2.40. The Bertz CT molecular complexity index is 1100. The molecule has 11 heteroatoms. The van der Waals surface area contributed by atoms with E-state index >= 15 is 0 Å². The lowest BCUT2D eigenvalue weighted by Crippen LogP contribution is -2.60. The SMILES string of the molecule is CC(C)CC(C)NC(=O)C(Nc1cccc(C(=N)N)c1)c1ccccc1OC1OC(CO)C(O)C(O)C1O. The second kappa shape index (κ2) is 13.0. The standard InChI is InChI=1S/C27H38N4O7/c1-14(2)11-15(3)30-26(36)21(31-17-8-6-7-16(12-17)25(28)29)18-9-4-5-10-19(18)37-27-24(35)23(34)22(33)20(13-32)38-27/h4-10,12,14-15,20-24,27,31-35H,11,13H2,1-3H3,(H3,28,29)(H,30,36). The number of carbonyl (C=O) groups excluding carboxylic acids is 1. The first-order valence-electron chi connectivity index (χ1n) is 12.6. The lowest BCUT2D eigenvalue weighted by molar-refractivity contribution is -0.277. The number of anilines is 1. The third-order valence-corrected chi connectivity index (χ3v) is 6.28. The zero-order chi connectivity index (χ0) is 28.0. The fourth-order valence-electron chi connectivity index (χ4n) is 4.44. The molecule has 0 radical (unpaired) electrons. The van der Waals surface area contributed by atoms with Gasteiger partial charge < -0.3 is 46.3 Å². The first-order chi connectivity index (χ1) is 18.0. The molecule has 9 N–H and O–H groups in total. The second-order valence-electron chi connectivity index (χ2n) is 9.96. The number of nitrogen functional groups attached to an aromatic ring is 1. The van der Waals surface area contributed by atoms with Crippen molar-refractivity contribution in [2.75, 3.05) is 11.9 Å². The van der Waals surface area contributed by atoms with Crippen LogP contribution in [0, 0.1) is 11.3 Å². The number of hydrogen-bond donors (Lipinski definition) is 8. The molecule has 11 nitrogen and oxygen atoms in total. The molecule has 0 bridgehead atoms. The molecule has 3 rings (SSSR count). The average molecular weight is 531 g/mol. The minimum Gasteiger partial charge on any atom is -0.462 e. The minimum atomic E-state index is -1.61. The van der Waals surface area contributed by atoms with Crippen LogP contribution < -0.4 is 21.1 Å². The van der Waals surface area contributed by atoms with E-state index in [9.17, 15) is 25.2 Å². The molecule has 0 aliphatic carbocycles. The smallest absolute Gasteiger partial charge is 0.247 e. The number of benzene rings is 2.